The van der Waals surface area contributed by atoms with Gasteiger partial charge in [0.25, 0.3) is 0 Å². The van der Waals surface area contributed by atoms with Gasteiger partial charge in [-0.15, -0.1) is 5.10 Å². The molecule has 140 valence electrons. The van der Waals surface area contributed by atoms with Gasteiger partial charge in [-0.05, 0) is 41.8 Å². The summed E-state index contributed by atoms with van der Waals surface area (Å²) in [7, 11) is 3.26. The van der Waals surface area contributed by atoms with Crippen LogP contribution in [0.1, 0.15) is 29.6 Å². The first-order valence-corrected chi connectivity index (χ1v) is 9.34. The zero-order valence-corrected chi connectivity index (χ0v) is 16.6. The summed E-state index contributed by atoms with van der Waals surface area (Å²) in [5.41, 5.74) is 8.11. The number of methoxy groups -OCH3 is 2. The van der Waals surface area contributed by atoms with Crippen molar-refractivity contribution in [3.8, 4) is 11.5 Å². The first-order valence-electron chi connectivity index (χ1n) is 8.55. The maximum absolute atomic E-state index is 5.87. The van der Waals surface area contributed by atoms with Crippen LogP contribution in [0.4, 0.5) is 11.9 Å². The molecule has 3 aromatic rings. The molecule has 3 N–H and O–H groups in total. The van der Waals surface area contributed by atoms with Gasteiger partial charge in [-0.3, -0.25) is 0 Å². The number of ether oxygens (including phenoxy) is 2. The number of nitrogens with two attached hydrogens (primary N) is 1. The third-order valence-corrected chi connectivity index (χ3v) is 5.30. The van der Waals surface area contributed by atoms with Crippen LogP contribution in [0, 0.1) is 0 Å². The van der Waals surface area contributed by atoms with Crippen LogP contribution < -0.4 is 20.5 Å². The molecule has 0 radical (unpaired) electrons. The van der Waals surface area contributed by atoms with Gasteiger partial charge in [-0.2, -0.15) is 4.98 Å². The quantitative estimate of drug-likeness (QED) is 0.655. The number of hydrogen-bond donors (Lipinski definition) is 2. The number of hydrogen-bond acceptors (Lipinski definition) is 6. The van der Waals surface area contributed by atoms with Crippen LogP contribution in [0.25, 0.3) is 0 Å². The predicted octanol–water partition coefficient (Wildman–Crippen LogP) is 3.79. The molecule has 27 heavy (non-hydrogen) atoms. The van der Waals surface area contributed by atoms with E-state index in [0.29, 0.717) is 17.4 Å². The fourth-order valence-corrected chi connectivity index (χ4v) is 3.71. The van der Waals surface area contributed by atoms with E-state index >= 15 is 0 Å². The lowest BCUT2D eigenvalue weighted by Crippen LogP contribution is -2.28. The molecule has 0 saturated heterocycles. The van der Waals surface area contributed by atoms with E-state index in [0.717, 1.165) is 16.5 Å². The second kappa shape index (κ2) is 7.11. The highest BCUT2D eigenvalue weighted by Crippen LogP contribution is 2.40. The largest absolute Gasteiger partial charge is 0.493 e. The van der Waals surface area contributed by atoms with E-state index in [1.54, 1.807) is 14.2 Å². The van der Waals surface area contributed by atoms with Crippen LogP contribution in [-0.4, -0.2) is 29.0 Å². The number of benzene rings is 2. The van der Waals surface area contributed by atoms with Crippen molar-refractivity contribution in [2.24, 2.45) is 0 Å². The molecule has 7 nitrogen and oxygen atoms in total. The highest BCUT2D eigenvalue weighted by atomic mass is 79.9. The average Bonchev–Trinajstić information content (AvgIpc) is 3.07. The van der Waals surface area contributed by atoms with Gasteiger partial charge in [0.05, 0.1) is 26.3 Å². The smallest absolute Gasteiger partial charge is 0.241 e. The standard InChI is InChI=1S/C19H20BrN5O2/c1-26-16-8-5-12(9-17(16)27-2)15-10-14(11-3-6-13(20)7-4-11)22-19-23-18(21)24-25(15)19/h3-9,14-15H,10H2,1-2H3,(H3,21,22,23,24)/t14-,15-/m0/s1. The van der Waals surface area contributed by atoms with Crippen molar-refractivity contribution in [2.45, 2.75) is 18.5 Å². The van der Waals surface area contributed by atoms with Gasteiger partial charge >= 0.3 is 0 Å². The zero-order valence-electron chi connectivity index (χ0n) is 15.0. The van der Waals surface area contributed by atoms with E-state index in [4.69, 9.17) is 15.2 Å². The van der Waals surface area contributed by atoms with E-state index in [2.05, 4.69) is 43.5 Å². The number of halogens is 1. The van der Waals surface area contributed by atoms with Crippen LogP contribution in [0.3, 0.4) is 0 Å². The molecule has 2 aromatic carbocycles. The highest BCUT2D eigenvalue weighted by molar-refractivity contribution is 9.10. The molecule has 8 heteroatoms. The topological polar surface area (TPSA) is 87.2 Å². The third kappa shape index (κ3) is 3.32. The lowest BCUT2D eigenvalue weighted by atomic mass is 9.93. The summed E-state index contributed by atoms with van der Waals surface area (Å²) in [5.74, 6) is 2.28. The molecule has 0 aliphatic carbocycles. The minimum absolute atomic E-state index is 0.0282. The van der Waals surface area contributed by atoms with Crippen molar-refractivity contribution in [2.75, 3.05) is 25.3 Å². The number of rotatable bonds is 4. The summed E-state index contributed by atoms with van der Waals surface area (Å²) in [4.78, 5) is 4.35. The summed E-state index contributed by atoms with van der Waals surface area (Å²) in [6.07, 6.45) is 0.799. The molecule has 0 saturated carbocycles. The maximum Gasteiger partial charge on any atom is 0.241 e. The lowest BCUT2D eigenvalue weighted by molar-refractivity contribution is 0.352. The van der Waals surface area contributed by atoms with E-state index < -0.39 is 0 Å². The van der Waals surface area contributed by atoms with Gasteiger partial charge in [-0.1, -0.05) is 34.1 Å². The molecule has 0 bridgehead atoms. The van der Waals surface area contributed by atoms with Crippen molar-refractivity contribution < 1.29 is 9.47 Å². The Balaban J connectivity index is 1.75. The van der Waals surface area contributed by atoms with Crippen molar-refractivity contribution in [1.82, 2.24) is 14.8 Å². The van der Waals surface area contributed by atoms with Crippen molar-refractivity contribution in [3.05, 3.63) is 58.1 Å². The normalized spacial score (nSPS) is 18.5. The Bertz CT molecular complexity index is 957. The van der Waals surface area contributed by atoms with Gasteiger partial charge in [0.1, 0.15) is 0 Å². The SMILES string of the molecule is COc1ccc([C@@H]2C[C@@H](c3ccc(Br)cc3)Nc3nc(N)nn32)cc1OC. The molecule has 2 heterocycles. The third-order valence-electron chi connectivity index (χ3n) is 4.77. The van der Waals surface area contributed by atoms with Crippen LogP contribution >= 0.6 is 15.9 Å². The molecule has 1 aliphatic heterocycles. The molecule has 4 rings (SSSR count). The van der Waals surface area contributed by atoms with Gasteiger partial charge in [0.2, 0.25) is 11.9 Å². The Morgan fingerprint density at radius 1 is 1.07 bits per heavy atom. The zero-order chi connectivity index (χ0) is 19.0. The minimum Gasteiger partial charge on any atom is -0.493 e. The van der Waals surface area contributed by atoms with Gasteiger partial charge in [0.15, 0.2) is 11.5 Å². The number of aromatic nitrogens is 3. The highest BCUT2D eigenvalue weighted by Gasteiger charge is 2.31. The molecular formula is C19H20BrN5O2. The van der Waals surface area contributed by atoms with Crippen molar-refractivity contribution in [1.29, 1.82) is 0 Å². The number of nitrogens with one attached hydrogen (secondary N) is 1. The molecule has 2 atom stereocenters. The van der Waals surface area contributed by atoms with Gasteiger partial charge < -0.3 is 20.5 Å². The minimum atomic E-state index is -0.0282. The Labute approximate surface area is 165 Å². The van der Waals surface area contributed by atoms with Crippen LogP contribution in [0.2, 0.25) is 0 Å². The fraction of sp³-hybridized carbons (Fsp3) is 0.263. The van der Waals surface area contributed by atoms with E-state index in [-0.39, 0.29) is 18.0 Å². The second-order valence-corrected chi connectivity index (χ2v) is 7.27. The summed E-state index contributed by atoms with van der Waals surface area (Å²) in [6, 6.07) is 14.3. The number of nitrogens with zero attached hydrogens (tertiary/aromatic N) is 3. The first kappa shape index (κ1) is 17.7. The maximum atomic E-state index is 5.87. The summed E-state index contributed by atoms with van der Waals surface area (Å²) >= 11 is 3.49. The second-order valence-electron chi connectivity index (χ2n) is 6.35. The number of nitrogen functional groups attached to an aromatic ring is 1. The molecular weight excluding hydrogens is 410 g/mol. The van der Waals surface area contributed by atoms with Crippen LogP contribution in [0.5, 0.6) is 11.5 Å². The molecule has 0 amide bonds. The molecule has 0 spiro atoms. The summed E-state index contributed by atoms with van der Waals surface area (Å²) in [6.45, 7) is 0. The molecule has 0 fully saturated rings. The van der Waals surface area contributed by atoms with Crippen LogP contribution in [-0.2, 0) is 0 Å². The Hall–Kier alpha value is -2.74. The van der Waals surface area contributed by atoms with Gasteiger partial charge in [0, 0.05) is 4.47 Å². The Morgan fingerprint density at radius 2 is 1.78 bits per heavy atom. The molecule has 0 unspecified atom stereocenters. The van der Waals surface area contributed by atoms with E-state index in [1.807, 2.05) is 35.0 Å². The number of fused-ring (bicyclic) bond motifs is 1. The Kier molecular flexibility index (Phi) is 4.65. The first-order chi connectivity index (χ1) is 13.1. The van der Waals surface area contributed by atoms with E-state index in [1.165, 1.54) is 5.56 Å². The fourth-order valence-electron chi connectivity index (χ4n) is 3.45. The van der Waals surface area contributed by atoms with E-state index in [9.17, 15) is 0 Å². The average molecular weight is 430 g/mol. The van der Waals surface area contributed by atoms with Crippen molar-refractivity contribution in [3.63, 3.8) is 0 Å². The lowest BCUT2D eigenvalue weighted by Gasteiger charge is -2.32. The van der Waals surface area contributed by atoms with Crippen LogP contribution in [0.15, 0.2) is 46.9 Å². The Morgan fingerprint density at radius 3 is 2.48 bits per heavy atom. The van der Waals surface area contributed by atoms with Gasteiger partial charge in [-0.25, -0.2) is 4.68 Å². The predicted molar refractivity (Wildman–Crippen MR) is 107 cm³/mol. The number of anilines is 2. The molecule has 1 aliphatic rings. The summed E-state index contributed by atoms with van der Waals surface area (Å²) in [5, 5.41) is 7.83. The van der Waals surface area contributed by atoms with Crippen molar-refractivity contribution >= 4 is 27.8 Å². The molecule has 1 aromatic heterocycles. The summed E-state index contributed by atoms with van der Waals surface area (Å²) < 4.78 is 13.7. The monoisotopic (exact) mass is 429 g/mol.